The highest BCUT2D eigenvalue weighted by Crippen LogP contribution is 2.65. The summed E-state index contributed by atoms with van der Waals surface area (Å²) in [6, 6.07) is 0. The molecule has 0 amide bonds. The molecule has 3 fully saturated rings. The molecular formula is C21H32O3. The lowest BCUT2D eigenvalue weighted by Gasteiger charge is -2.59. The van der Waals surface area contributed by atoms with Crippen LogP contribution in [0.3, 0.4) is 0 Å². The Morgan fingerprint density at radius 3 is 2.71 bits per heavy atom. The van der Waals surface area contributed by atoms with Gasteiger partial charge in [0.15, 0.2) is 0 Å². The minimum Gasteiger partial charge on any atom is -0.393 e. The summed E-state index contributed by atoms with van der Waals surface area (Å²) in [5, 5.41) is 31.7. The standard InChI is InChI=1S/C21H32O3/c1-3-18(23)21-11-8-14(22)12-13(21)4-5-15-16-6-7-19(24)20(16,2)10-9-17(15)21/h3-4,14-19,22-24H,1,5-12H2,2H3/t14-,15?,16?,17?,18?,19-,20-,21+/m0/s1. The molecule has 0 radical (unpaired) electrons. The van der Waals surface area contributed by atoms with Crippen LogP contribution >= 0.6 is 0 Å². The van der Waals surface area contributed by atoms with E-state index in [-0.39, 0.29) is 23.0 Å². The second kappa shape index (κ2) is 5.69. The molecule has 4 aliphatic rings. The summed E-state index contributed by atoms with van der Waals surface area (Å²) in [6.07, 6.45) is 10.6. The second-order valence-electron chi connectivity index (χ2n) is 9.10. The van der Waals surface area contributed by atoms with Gasteiger partial charge in [-0.25, -0.2) is 0 Å². The first kappa shape index (κ1) is 16.8. The zero-order valence-corrected chi connectivity index (χ0v) is 14.8. The third-order valence-corrected chi connectivity index (χ3v) is 8.38. The molecule has 0 aliphatic heterocycles. The van der Waals surface area contributed by atoms with Crippen LogP contribution in [0.2, 0.25) is 0 Å². The van der Waals surface area contributed by atoms with Gasteiger partial charge in [-0.1, -0.05) is 24.6 Å². The maximum absolute atomic E-state index is 11.0. The molecule has 3 N–H and O–H groups in total. The predicted octanol–water partition coefficient (Wildman–Crippen LogP) is 3.20. The van der Waals surface area contributed by atoms with Crippen LogP contribution in [0, 0.1) is 28.6 Å². The highest BCUT2D eigenvalue weighted by Gasteiger charge is 2.61. The Kier molecular flexibility index (Phi) is 3.98. The van der Waals surface area contributed by atoms with Gasteiger partial charge in [0.1, 0.15) is 0 Å². The van der Waals surface area contributed by atoms with Gasteiger partial charge in [0.05, 0.1) is 18.3 Å². The monoisotopic (exact) mass is 332 g/mol. The van der Waals surface area contributed by atoms with Gasteiger partial charge in [0, 0.05) is 5.41 Å². The number of hydrogen-bond acceptors (Lipinski definition) is 3. The molecule has 4 unspecified atom stereocenters. The van der Waals surface area contributed by atoms with Crippen molar-refractivity contribution in [3.8, 4) is 0 Å². The Balaban J connectivity index is 1.75. The molecule has 0 aromatic heterocycles. The molecule has 0 heterocycles. The van der Waals surface area contributed by atoms with Crippen LogP contribution in [-0.4, -0.2) is 33.6 Å². The lowest BCUT2D eigenvalue weighted by atomic mass is 9.46. The lowest BCUT2D eigenvalue weighted by molar-refractivity contribution is -0.103. The lowest BCUT2D eigenvalue weighted by Crippen LogP contribution is -2.56. The van der Waals surface area contributed by atoms with Gasteiger partial charge >= 0.3 is 0 Å². The average molecular weight is 332 g/mol. The van der Waals surface area contributed by atoms with Crippen LogP contribution < -0.4 is 0 Å². The summed E-state index contributed by atoms with van der Waals surface area (Å²) in [4.78, 5) is 0. The van der Waals surface area contributed by atoms with Crippen molar-refractivity contribution in [2.24, 2.45) is 28.6 Å². The van der Waals surface area contributed by atoms with Crippen LogP contribution in [0.15, 0.2) is 24.3 Å². The van der Waals surface area contributed by atoms with Crippen molar-refractivity contribution in [1.29, 1.82) is 0 Å². The summed E-state index contributed by atoms with van der Waals surface area (Å²) >= 11 is 0. The number of rotatable bonds is 2. The van der Waals surface area contributed by atoms with Gasteiger partial charge in [-0.2, -0.15) is 0 Å². The van der Waals surface area contributed by atoms with Gasteiger partial charge in [-0.15, -0.1) is 6.58 Å². The topological polar surface area (TPSA) is 60.7 Å². The van der Waals surface area contributed by atoms with Crippen molar-refractivity contribution in [1.82, 2.24) is 0 Å². The van der Waals surface area contributed by atoms with E-state index in [0.29, 0.717) is 24.2 Å². The SMILES string of the molecule is C=CC(O)[C@]12CC[C@H](O)CC1=CCC1C2CC[C@@]2(C)C1CC[C@@H]2O. The van der Waals surface area contributed by atoms with Crippen LogP contribution in [0.5, 0.6) is 0 Å². The van der Waals surface area contributed by atoms with Gasteiger partial charge in [-0.3, -0.25) is 0 Å². The van der Waals surface area contributed by atoms with Crippen LogP contribution in [0.25, 0.3) is 0 Å². The molecule has 0 aromatic rings. The number of aliphatic hydroxyl groups excluding tert-OH is 3. The molecule has 3 nitrogen and oxygen atoms in total. The van der Waals surface area contributed by atoms with E-state index >= 15 is 0 Å². The molecule has 8 atom stereocenters. The summed E-state index contributed by atoms with van der Waals surface area (Å²) in [7, 11) is 0. The molecule has 3 heteroatoms. The molecule has 0 bridgehead atoms. The Hall–Kier alpha value is -0.640. The minimum absolute atomic E-state index is 0.0566. The molecule has 4 aliphatic carbocycles. The van der Waals surface area contributed by atoms with Gasteiger partial charge in [-0.05, 0) is 74.5 Å². The van der Waals surface area contributed by atoms with Crippen LogP contribution in [-0.2, 0) is 0 Å². The van der Waals surface area contributed by atoms with Crippen molar-refractivity contribution in [2.45, 2.75) is 76.6 Å². The maximum atomic E-state index is 11.0. The third kappa shape index (κ3) is 2.07. The van der Waals surface area contributed by atoms with E-state index in [2.05, 4.69) is 19.6 Å². The molecule has 134 valence electrons. The fourth-order valence-electron chi connectivity index (χ4n) is 7.08. The molecule has 0 saturated heterocycles. The van der Waals surface area contributed by atoms with Crippen molar-refractivity contribution >= 4 is 0 Å². The van der Waals surface area contributed by atoms with Crippen molar-refractivity contribution < 1.29 is 15.3 Å². The summed E-state index contributed by atoms with van der Waals surface area (Å²) in [6.45, 7) is 6.17. The predicted molar refractivity (Wildman–Crippen MR) is 94.2 cm³/mol. The highest BCUT2D eigenvalue weighted by molar-refractivity contribution is 5.30. The Morgan fingerprint density at radius 1 is 1.17 bits per heavy atom. The average Bonchev–Trinajstić information content (AvgIpc) is 2.89. The first-order chi connectivity index (χ1) is 11.4. The third-order valence-electron chi connectivity index (χ3n) is 8.38. The fraction of sp³-hybridized carbons (Fsp3) is 0.810. The number of hydrogen-bond donors (Lipinski definition) is 3. The zero-order chi connectivity index (χ0) is 17.1. The second-order valence-corrected chi connectivity index (χ2v) is 9.10. The van der Waals surface area contributed by atoms with Crippen LogP contribution in [0.4, 0.5) is 0 Å². The van der Waals surface area contributed by atoms with Gasteiger partial charge in [0.2, 0.25) is 0 Å². The first-order valence-electron chi connectivity index (χ1n) is 9.79. The normalized spacial score (nSPS) is 51.8. The van der Waals surface area contributed by atoms with E-state index < -0.39 is 6.10 Å². The Morgan fingerprint density at radius 2 is 1.96 bits per heavy atom. The highest BCUT2D eigenvalue weighted by atomic mass is 16.3. The van der Waals surface area contributed by atoms with E-state index in [0.717, 1.165) is 44.9 Å². The quantitative estimate of drug-likeness (QED) is 0.681. The van der Waals surface area contributed by atoms with E-state index in [1.807, 2.05) is 0 Å². The summed E-state index contributed by atoms with van der Waals surface area (Å²) in [5.74, 6) is 1.57. The van der Waals surface area contributed by atoms with E-state index in [4.69, 9.17) is 0 Å². The van der Waals surface area contributed by atoms with Crippen LogP contribution in [0.1, 0.15) is 58.3 Å². The molecule has 0 aromatic carbocycles. The number of aliphatic hydroxyl groups is 3. The molecule has 3 saturated carbocycles. The molecule has 0 spiro atoms. The number of allylic oxidation sites excluding steroid dienone is 1. The molecule has 4 rings (SSSR count). The zero-order valence-electron chi connectivity index (χ0n) is 14.8. The number of fused-ring (bicyclic) bond motifs is 5. The molecular weight excluding hydrogens is 300 g/mol. The van der Waals surface area contributed by atoms with Crippen molar-refractivity contribution in [3.63, 3.8) is 0 Å². The van der Waals surface area contributed by atoms with Crippen molar-refractivity contribution in [3.05, 3.63) is 24.3 Å². The molecule has 24 heavy (non-hydrogen) atoms. The largest absolute Gasteiger partial charge is 0.393 e. The van der Waals surface area contributed by atoms with Crippen molar-refractivity contribution in [2.75, 3.05) is 0 Å². The Bertz CT molecular complexity index is 555. The van der Waals surface area contributed by atoms with Gasteiger partial charge < -0.3 is 15.3 Å². The van der Waals surface area contributed by atoms with E-state index in [1.165, 1.54) is 5.57 Å². The Labute approximate surface area is 145 Å². The van der Waals surface area contributed by atoms with Gasteiger partial charge in [0.25, 0.3) is 0 Å². The van der Waals surface area contributed by atoms with E-state index in [1.54, 1.807) is 6.08 Å². The summed E-state index contributed by atoms with van der Waals surface area (Å²) < 4.78 is 0. The minimum atomic E-state index is -0.528. The summed E-state index contributed by atoms with van der Waals surface area (Å²) in [5.41, 5.74) is 1.11. The smallest absolute Gasteiger partial charge is 0.0814 e. The first-order valence-corrected chi connectivity index (χ1v) is 9.79. The maximum Gasteiger partial charge on any atom is 0.0814 e. The fourth-order valence-corrected chi connectivity index (χ4v) is 7.08. The van der Waals surface area contributed by atoms with E-state index in [9.17, 15) is 15.3 Å².